The number of nitrogens with zero attached hydrogens (tertiary/aromatic N) is 4. The molecule has 9 heteroatoms. The van der Waals surface area contributed by atoms with E-state index in [1.807, 2.05) is 0 Å². The molecule has 3 heterocycles. The maximum absolute atomic E-state index is 13.7. The maximum Gasteiger partial charge on any atom is 0.220 e. The van der Waals surface area contributed by atoms with Gasteiger partial charge in [0.2, 0.25) is 5.91 Å². The van der Waals surface area contributed by atoms with Crippen molar-refractivity contribution in [3.63, 3.8) is 0 Å². The lowest BCUT2D eigenvalue weighted by atomic mass is 9.89. The van der Waals surface area contributed by atoms with Gasteiger partial charge in [0.05, 0.1) is 18.1 Å². The first-order chi connectivity index (χ1) is 15.2. The van der Waals surface area contributed by atoms with Crippen LogP contribution in [-0.2, 0) is 4.79 Å². The Morgan fingerprint density at radius 2 is 1.88 bits per heavy atom. The van der Waals surface area contributed by atoms with E-state index in [4.69, 9.17) is 5.73 Å². The van der Waals surface area contributed by atoms with Gasteiger partial charge in [-0.2, -0.15) is 0 Å². The fourth-order valence-electron chi connectivity index (χ4n) is 4.09. The van der Waals surface area contributed by atoms with Crippen molar-refractivity contribution < 1.29 is 9.18 Å². The second kappa shape index (κ2) is 8.72. The summed E-state index contributed by atoms with van der Waals surface area (Å²) >= 11 is 0. The molecule has 0 unspecified atom stereocenters. The van der Waals surface area contributed by atoms with Crippen LogP contribution in [0.1, 0.15) is 52.9 Å². The second-order valence-corrected chi connectivity index (χ2v) is 9.71. The van der Waals surface area contributed by atoms with Gasteiger partial charge in [0.15, 0.2) is 11.6 Å². The topological polar surface area (TPSA) is 110 Å². The molecule has 4 rings (SSSR count). The van der Waals surface area contributed by atoms with Crippen molar-refractivity contribution in [3.05, 3.63) is 36.5 Å². The Morgan fingerprint density at radius 1 is 1.16 bits per heavy atom. The van der Waals surface area contributed by atoms with Crippen LogP contribution in [0.4, 0.5) is 15.9 Å². The molecule has 32 heavy (non-hydrogen) atoms. The fourth-order valence-corrected chi connectivity index (χ4v) is 4.09. The Balaban J connectivity index is 1.41. The van der Waals surface area contributed by atoms with Crippen molar-refractivity contribution in [1.82, 2.24) is 24.7 Å². The average Bonchev–Trinajstić information content (AvgIpc) is 3.12. The Kier molecular flexibility index (Phi) is 5.99. The highest BCUT2D eigenvalue weighted by atomic mass is 19.1. The van der Waals surface area contributed by atoms with Gasteiger partial charge < -0.3 is 16.4 Å². The fraction of sp³-hybridized carbons (Fsp3) is 0.478. The number of amides is 1. The minimum atomic E-state index is -0.364. The molecule has 1 aliphatic carbocycles. The van der Waals surface area contributed by atoms with Gasteiger partial charge in [0.25, 0.3) is 0 Å². The van der Waals surface area contributed by atoms with Crippen molar-refractivity contribution in [3.8, 4) is 11.5 Å². The lowest BCUT2D eigenvalue weighted by molar-refractivity contribution is -0.123. The Bertz CT molecular complexity index is 1110. The van der Waals surface area contributed by atoms with E-state index in [2.05, 4.69) is 46.4 Å². The molecule has 0 atom stereocenters. The average molecular weight is 440 g/mol. The Labute approximate surface area is 186 Å². The van der Waals surface area contributed by atoms with E-state index in [0.29, 0.717) is 35.1 Å². The van der Waals surface area contributed by atoms with Crippen LogP contribution < -0.4 is 16.4 Å². The summed E-state index contributed by atoms with van der Waals surface area (Å²) in [7, 11) is 0. The van der Waals surface area contributed by atoms with Crippen molar-refractivity contribution >= 4 is 23.1 Å². The second-order valence-electron chi connectivity index (χ2n) is 9.71. The van der Waals surface area contributed by atoms with Crippen LogP contribution in [0.15, 0.2) is 30.7 Å². The van der Waals surface area contributed by atoms with Crippen molar-refractivity contribution in [1.29, 1.82) is 0 Å². The number of rotatable bonds is 5. The molecule has 170 valence electrons. The van der Waals surface area contributed by atoms with E-state index < -0.39 is 0 Å². The molecule has 0 spiro atoms. The maximum atomic E-state index is 13.7. The molecule has 0 saturated heterocycles. The number of carbonyl (C=O) groups excluding carboxylic acids is 1. The lowest BCUT2D eigenvalue weighted by Gasteiger charge is -2.31. The van der Waals surface area contributed by atoms with Gasteiger partial charge in [-0.15, -0.1) is 0 Å². The molecular formula is C23H30FN7O. The van der Waals surface area contributed by atoms with E-state index in [1.54, 1.807) is 22.9 Å². The SMILES string of the molecule is CC(C)(C)CC(=O)NC1CCC(Nc2nc(-c3cnc4ccc(F)cn34)ncc2N)CC1. The van der Waals surface area contributed by atoms with Gasteiger partial charge in [-0.05, 0) is 43.2 Å². The third-order valence-corrected chi connectivity index (χ3v) is 5.64. The highest BCUT2D eigenvalue weighted by Crippen LogP contribution is 2.27. The van der Waals surface area contributed by atoms with Crippen LogP contribution in [0.5, 0.6) is 0 Å². The van der Waals surface area contributed by atoms with Gasteiger partial charge in [-0.1, -0.05) is 20.8 Å². The molecule has 0 radical (unpaired) electrons. The molecule has 1 amide bonds. The zero-order valence-corrected chi connectivity index (χ0v) is 18.7. The zero-order chi connectivity index (χ0) is 22.9. The summed E-state index contributed by atoms with van der Waals surface area (Å²) < 4.78 is 15.3. The molecule has 4 N–H and O–H groups in total. The van der Waals surface area contributed by atoms with Gasteiger partial charge in [-0.3, -0.25) is 9.20 Å². The van der Waals surface area contributed by atoms with Gasteiger partial charge in [0.1, 0.15) is 17.2 Å². The van der Waals surface area contributed by atoms with E-state index in [-0.39, 0.29) is 29.2 Å². The van der Waals surface area contributed by atoms with E-state index in [0.717, 1.165) is 25.7 Å². The number of aromatic nitrogens is 4. The van der Waals surface area contributed by atoms with Gasteiger partial charge in [0, 0.05) is 24.7 Å². The predicted octanol–water partition coefficient (Wildman–Crippen LogP) is 3.79. The summed E-state index contributed by atoms with van der Waals surface area (Å²) in [6.07, 6.45) is 8.67. The third kappa shape index (κ3) is 5.15. The first kappa shape index (κ1) is 22.0. The van der Waals surface area contributed by atoms with Crippen LogP contribution in [0.25, 0.3) is 17.2 Å². The quantitative estimate of drug-likeness (QED) is 0.558. The number of nitrogens with two attached hydrogens (primary N) is 1. The molecule has 0 aromatic carbocycles. The standard InChI is InChI=1S/C23H30FN7O/c1-23(2,3)10-20(32)28-15-5-7-16(8-6-15)29-21-17(25)11-27-22(30-21)18-12-26-19-9-4-14(24)13-31(18)19/h4,9,11-13,15-16H,5-8,10,25H2,1-3H3,(H,28,32)(H,27,29,30). The summed E-state index contributed by atoms with van der Waals surface area (Å²) in [6, 6.07) is 3.38. The van der Waals surface area contributed by atoms with Crippen LogP contribution in [0, 0.1) is 11.2 Å². The lowest BCUT2D eigenvalue weighted by Crippen LogP contribution is -2.41. The van der Waals surface area contributed by atoms with Crippen molar-refractivity contribution in [2.75, 3.05) is 11.1 Å². The molecule has 3 aromatic heterocycles. The van der Waals surface area contributed by atoms with Crippen LogP contribution >= 0.6 is 0 Å². The minimum absolute atomic E-state index is 0.0162. The normalized spacial score (nSPS) is 19.1. The predicted molar refractivity (Wildman–Crippen MR) is 122 cm³/mol. The van der Waals surface area contributed by atoms with E-state index >= 15 is 0 Å². The zero-order valence-electron chi connectivity index (χ0n) is 18.7. The third-order valence-electron chi connectivity index (χ3n) is 5.64. The molecule has 1 fully saturated rings. The largest absolute Gasteiger partial charge is 0.394 e. The van der Waals surface area contributed by atoms with Crippen molar-refractivity contribution in [2.24, 2.45) is 5.41 Å². The highest BCUT2D eigenvalue weighted by molar-refractivity contribution is 5.76. The van der Waals surface area contributed by atoms with Crippen LogP contribution in [-0.4, -0.2) is 37.3 Å². The number of anilines is 2. The Hall–Kier alpha value is -3.23. The summed E-state index contributed by atoms with van der Waals surface area (Å²) in [6.45, 7) is 6.20. The first-order valence-electron chi connectivity index (χ1n) is 11.0. The number of halogens is 1. The number of hydrogen-bond acceptors (Lipinski definition) is 6. The number of fused-ring (bicyclic) bond motifs is 1. The molecule has 1 saturated carbocycles. The monoisotopic (exact) mass is 439 g/mol. The highest BCUT2D eigenvalue weighted by Gasteiger charge is 2.25. The molecular weight excluding hydrogens is 409 g/mol. The van der Waals surface area contributed by atoms with Crippen molar-refractivity contribution in [2.45, 2.75) is 65.0 Å². The first-order valence-corrected chi connectivity index (χ1v) is 11.0. The number of nitrogens with one attached hydrogen (secondary N) is 2. The number of nitrogen functional groups attached to an aromatic ring is 1. The Morgan fingerprint density at radius 3 is 2.59 bits per heavy atom. The van der Waals surface area contributed by atoms with E-state index in [1.165, 1.54) is 12.3 Å². The van der Waals surface area contributed by atoms with Crippen LogP contribution in [0.3, 0.4) is 0 Å². The van der Waals surface area contributed by atoms with E-state index in [9.17, 15) is 9.18 Å². The molecule has 0 aliphatic heterocycles. The number of pyridine rings is 1. The molecule has 1 aliphatic rings. The summed E-state index contributed by atoms with van der Waals surface area (Å²) in [4.78, 5) is 25.4. The summed E-state index contributed by atoms with van der Waals surface area (Å²) in [5.74, 6) is 0.726. The van der Waals surface area contributed by atoms with Gasteiger partial charge >= 0.3 is 0 Å². The molecule has 0 bridgehead atoms. The molecule has 3 aromatic rings. The molecule has 8 nitrogen and oxygen atoms in total. The number of carbonyl (C=O) groups is 1. The van der Waals surface area contributed by atoms with Gasteiger partial charge in [-0.25, -0.2) is 19.3 Å². The number of hydrogen-bond donors (Lipinski definition) is 3. The summed E-state index contributed by atoms with van der Waals surface area (Å²) in [5.41, 5.74) is 7.76. The number of imidazole rings is 1. The smallest absolute Gasteiger partial charge is 0.220 e. The van der Waals surface area contributed by atoms with Crippen LogP contribution in [0.2, 0.25) is 0 Å². The summed E-state index contributed by atoms with van der Waals surface area (Å²) in [5, 5.41) is 6.59. The minimum Gasteiger partial charge on any atom is -0.394 e.